The summed E-state index contributed by atoms with van der Waals surface area (Å²) >= 11 is 3.30. The number of ether oxygens (including phenoxy) is 1. The molecule has 3 rings (SSSR count). The zero-order valence-electron chi connectivity index (χ0n) is 13.4. The lowest BCUT2D eigenvalue weighted by Gasteiger charge is -2.36. The molecule has 3 amide bonds. The fourth-order valence-electron chi connectivity index (χ4n) is 3.43. The molecule has 0 aromatic heterocycles. The zero-order chi connectivity index (χ0) is 17.3. The maximum atomic E-state index is 12.8. The van der Waals surface area contributed by atoms with Gasteiger partial charge in [0, 0.05) is 4.47 Å². The Balaban J connectivity index is 1.68. The number of amides is 3. The van der Waals surface area contributed by atoms with E-state index < -0.39 is 17.5 Å². The molecule has 6 nitrogen and oxygen atoms in total. The van der Waals surface area contributed by atoms with Gasteiger partial charge in [0.15, 0.2) is 0 Å². The molecule has 2 aliphatic rings. The number of carbonyl (C=O) groups is 3. The van der Waals surface area contributed by atoms with Crippen molar-refractivity contribution in [3.05, 3.63) is 28.7 Å². The van der Waals surface area contributed by atoms with Crippen LogP contribution in [0.2, 0.25) is 0 Å². The molecule has 128 valence electrons. The van der Waals surface area contributed by atoms with E-state index in [1.165, 1.54) is 0 Å². The normalized spacial score (nSPS) is 26.6. The Hall–Kier alpha value is -1.89. The lowest BCUT2D eigenvalue weighted by molar-refractivity contribution is -0.142. The summed E-state index contributed by atoms with van der Waals surface area (Å²) in [5.41, 5.74) is -0.854. The zero-order valence-corrected chi connectivity index (χ0v) is 15.0. The van der Waals surface area contributed by atoms with Crippen LogP contribution >= 0.6 is 15.9 Å². The number of carbonyl (C=O) groups excluding carboxylic acids is 3. The van der Waals surface area contributed by atoms with E-state index in [4.69, 9.17) is 4.74 Å². The second-order valence-electron chi connectivity index (χ2n) is 6.37. The monoisotopic (exact) mass is 394 g/mol. The highest BCUT2D eigenvalue weighted by molar-refractivity contribution is 9.10. The summed E-state index contributed by atoms with van der Waals surface area (Å²) in [6, 6.07) is 6.25. The van der Waals surface area contributed by atoms with E-state index in [1.54, 1.807) is 24.3 Å². The maximum Gasteiger partial charge on any atom is 0.331 e. The molecule has 2 unspecified atom stereocenters. The van der Waals surface area contributed by atoms with Crippen molar-refractivity contribution in [3.63, 3.8) is 0 Å². The number of rotatable bonds is 3. The molecule has 2 fully saturated rings. The largest absolute Gasteiger partial charge is 0.425 e. The van der Waals surface area contributed by atoms with Gasteiger partial charge in [-0.15, -0.1) is 0 Å². The average Bonchev–Trinajstić information content (AvgIpc) is 2.78. The molecule has 1 aromatic rings. The molecule has 1 heterocycles. The van der Waals surface area contributed by atoms with Crippen LogP contribution in [-0.4, -0.2) is 34.9 Å². The van der Waals surface area contributed by atoms with E-state index in [-0.39, 0.29) is 18.4 Å². The van der Waals surface area contributed by atoms with Gasteiger partial charge < -0.3 is 10.1 Å². The summed E-state index contributed by atoms with van der Waals surface area (Å²) in [5.74, 6) is -0.514. The van der Waals surface area contributed by atoms with Crippen molar-refractivity contribution in [2.45, 2.75) is 38.1 Å². The van der Waals surface area contributed by atoms with Gasteiger partial charge in [0.05, 0.1) is 0 Å². The SMILES string of the molecule is CC1CCCCC12NC(=O)N(CC(=O)Oc1ccc(Br)cc1)C2=O. The number of urea groups is 1. The minimum Gasteiger partial charge on any atom is -0.425 e. The average molecular weight is 395 g/mol. The van der Waals surface area contributed by atoms with E-state index in [0.717, 1.165) is 28.6 Å². The van der Waals surface area contributed by atoms with Crippen LogP contribution in [0.15, 0.2) is 28.7 Å². The molecule has 24 heavy (non-hydrogen) atoms. The first kappa shape index (κ1) is 17.0. The van der Waals surface area contributed by atoms with E-state index in [1.807, 2.05) is 6.92 Å². The lowest BCUT2D eigenvalue weighted by atomic mass is 9.73. The summed E-state index contributed by atoms with van der Waals surface area (Å²) in [6.07, 6.45) is 3.46. The van der Waals surface area contributed by atoms with Crippen LogP contribution in [-0.2, 0) is 9.59 Å². The van der Waals surface area contributed by atoms with Gasteiger partial charge in [0.2, 0.25) is 0 Å². The van der Waals surface area contributed by atoms with Crippen molar-refractivity contribution in [1.29, 1.82) is 0 Å². The number of esters is 1. The number of hydrogen-bond donors (Lipinski definition) is 1. The quantitative estimate of drug-likeness (QED) is 0.485. The number of benzene rings is 1. The minimum absolute atomic E-state index is 0.0650. The standard InChI is InChI=1S/C17H19BrN2O4/c1-11-4-2-3-9-17(11)15(22)20(16(23)19-17)10-14(21)24-13-7-5-12(18)6-8-13/h5-8,11H,2-4,9-10H2,1H3,(H,19,23). The molecule has 1 spiro atoms. The van der Waals surface area contributed by atoms with Crippen LogP contribution < -0.4 is 10.1 Å². The van der Waals surface area contributed by atoms with E-state index in [2.05, 4.69) is 21.2 Å². The molecule has 7 heteroatoms. The predicted molar refractivity (Wildman–Crippen MR) is 90.4 cm³/mol. The number of nitrogens with one attached hydrogen (secondary N) is 1. The van der Waals surface area contributed by atoms with Crippen LogP contribution in [0.1, 0.15) is 32.6 Å². The number of imide groups is 1. The fraction of sp³-hybridized carbons (Fsp3) is 0.471. The van der Waals surface area contributed by atoms with Crippen molar-refractivity contribution in [2.75, 3.05) is 6.54 Å². The molecule has 1 aromatic carbocycles. The van der Waals surface area contributed by atoms with Gasteiger partial charge in [0.25, 0.3) is 5.91 Å². The number of halogens is 1. The fourth-order valence-corrected chi connectivity index (χ4v) is 3.70. The minimum atomic E-state index is -0.854. The first-order chi connectivity index (χ1) is 11.4. The molecule has 2 atom stereocenters. The highest BCUT2D eigenvalue weighted by Crippen LogP contribution is 2.38. The van der Waals surface area contributed by atoms with E-state index >= 15 is 0 Å². The van der Waals surface area contributed by atoms with Crippen molar-refractivity contribution in [2.24, 2.45) is 5.92 Å². The number of hydrogen-bond acceptors (Lipinski definition) is 4. The van der Waals surface area contributed by atoms with Crippen LogP contribution in [0.25, 0.3) is 0 Å². The highest BCUT2D eigenvalue weighted by atomic mass is 79.9. The molecule has 1 N–H and O–H groups in total. The first-order valence-corrected chi connectivity index (χ1v) is 8.82. The lowest BCUT2D eigenvalue weighted by Crippen LogP contribution is -2.54. The van der Waals surface area contributed by atoms with Gasteiger partial charge in [-0.25, -0.2) is 9.59 Å². The number of nitrogens with zero attached hydrogens (tertiary/aromatic N) is 1. The summed E-state index contributed by atoms with van der Waals surface area (Å²) in [5, 5.41) is 2.82. The Labute approximate surface area is 148 Å². The van der Waals surface area contributed by atoms with Crippen molar-refractivity contribution >= 4 is 33.8 Å². The Morgan fingerprint density at radius 1 is 1.33 bits per heavy atom. The molecule has 0 radical (unpaired) electrons. The maximum absolute atomic E-state index is 12.8. The molecule has 0 bridgehead atoms. The van der Waals surface area contributed by atoms with Gasteiger partial charge in [-0.1, -0.05) is 35.7 Å². The van der Waals surface area contributed by atoms with Crippen molar-refractivity contribution in [1.82, 2.24) is 10.2 Å². The first-order valence-electron chi connectivity index (χ1n) is 8.03. The summed E-state index contributed by atoms with van der Waals surface area (Å²) in [4.78, 5) is 38.0. The summed E-state index contributed by atoms with van der Waals surface area (Å²) in [7, 11) is 0. The summed E-state index contributed by atoms with van der Waals surface area (Å²) in [6.45, 7) is 1.59. The third kappa shape index (κ3) is 3.05. The molecule has 1 aliphatic heterocycles. The Morgan fingerprint density at radius 2 is 2.04 bits per heavy atom. The molecule has 1 saturated carbocycles. The molecule has 1 aliphatic carbocycles. The van der Waals surface area contributed by atoms with Crippen LogP contribution in [0.5, 0.6) is 5.75 Å². The Bertz CT molecular complexity index is 676. The summed E-state index contributed by atoms with van der Waals surface area (Å²) < 4.78 is 6.06. The smallest absolute Gasteiger partial charge is 0.331 e. The van der Waals surface area contributed by atoms with Crippen molar-refractivity contribution in [3.8, 4) is 5.75 Å². The van der Waals surface area contributed by atoms with Gasteiger partial charge in [-0.3, -0.25) is 9.69 Å². The van der Waals surface area contributed by atoms with Gasteiger partial charge in [0.1, 0.15) is 17.8 Å². The Morgan fingerprint density at radius 3 is 2.71 bits per heavy atom. The second kappa shape index (κ2) is 6.55. The van der Waals surface area contributed by atoms with Gasteiger partial charge >= 0.3 is 12.0 Å². The van der Waals surface area contributed by atoms with Crippen molar-refractivity contribution < 1.29 is 19.1 Å². The topological polar surface area (TPSA) is 75.7 Å². The third-order valence-corrected chi connectivity index (χ3v) is 5.36. The molecule has 1 saturated heterocycles. The van der Waals surface area contributed by atoms with Gasteiger partial charge in [-0.05, 0) is 43.0 Å². The second-order valence-corrected chi connectivity index (χ2v) is 7.28. The van der Waals surface area contributed by atoms with E-state index in [0.29, 0.717) is 12.2 Å². The van der Waals surface area contributed by atoms with Gasteiger partial charge in [-0.2, -0.15) is 0 Å². The van der Waals surface area contributed by atoms with Crippen LogP contribution in [0.3, 0.4) is 0 Å². The Kier molecular flexibility index (Phi) is 4.62. The third-order valence-electron chi connectivity index (χ3n) is 4.83. The van der Waals surface area contributed by atoms with Crippen LogP contribution in [0, 0.1) is 5.92 Å². The molecular weight excluding hydrogens is 376 g/mol. The highest BCUT2D eigenvalue weighted by Gasteiger charge is 2.55. The van der Waals surface area contributed by atoms with Crippen LogP contribution in [0.4, 0.5) is 4.79 Å². The predicted octanol–water partition coefficient (Wildman–Crippen LogP) is 2.86. The molecular formula is C17H19BrN2O4. The van der Waals surface area contributed by atoms with E-state index in [9.17, 15) is 14.4 Å².